The molecular formula is C10H23BBr3NO12P3S. The molecular weight excluding hydrogens is 702 g/mol. The Hall–Kier alpha value is 1.11. The maximum absolute atomic E-state index is 11.1. The van der Waals surface area contributed by atoms with Crippen LogP contribution in [0.25, 0.3) is 0 Å². The second-order valence-electron chi connectivity index (χ2n) is 3.96. The molecule has 0 unspecified atom stereocenters. The Morgan fingerprint density at radius 3 is 1.16 bits per heavy atom. The molecule has 0 fully saturated rings. The molecule has 0 aliphatic heterocycles. The fraction of sp³-hybridized carbons (Fsp3) is 0.700. The molecule has 0 spiro atoms. The predicted molar refractivity (Wildman–Crippen MR) is 131 cm³/mol. The second kappa shape index (κ2) is 22.9. The summed E-state index contributed by atoms with van der Waals surface area (Å²) in [6.45, 7) is 1.16. The number of alkyl halides is 2. The van der Waals surface area contributed by atoms with Crippen molar-refractivity contribution in [3.05, 3.63) is 0 Å². The van der Waals surface area contributed by atoms with Gasteiger partial charge in [0, 0.05) is 35.4 Å². The number of carbonyl (C=O) groups excluding carboxylic acids is 3. The van der Waals surface area contributed by atoms with Gasteiger partial charge in [0.15, 0.2) is 0 Å². The van der Waals surface area contributed by atoms with E-state index in [1.165, 1.54) is 28.4 Å². The van der Waals surface area contributed by atoms with Crippen LogP contribution < -0.4 is 0 Å². The minimum absolute atomic E-state index is 0. The van der Waals surface area contributed by atoms with Crippen molar-refractivity contribution in [3.63, 3.8) is 0 Å². The average Bonchev–Trinajstić information content (AvgIpc) is 2.71. The zero-order chi connectivity index (χ0) is 25.2. The van der Waals surface area contributed by atoms with Gasteiger partial charge in [-0.1, -0.05) is 31.9 Å². The van der Waals surface area contributed by atoms with Crippen molar-refractivity contribution in [3.8, 4) is 0 Å². The van der Waals surface area contributed by atoms with Gasteiger partial charge in [-0.15, -0.1) is 17.0 Å². The fourth-order valence-electron chi connectivity index (χ4n) is 0.761. The number of hydrogen-bond acceptors (Lipinski definition) is 12. The van der Waals surface area contributed by atoms with Gasteiger partial charge in [0.2, 0.25) is 5.52 Å². The van der Waals surface area contributed by atoms with Crippen molar-refractivity contribution in [2.75, 3.05) is 39.1 Å². The van der Waals surface area contributed by atoms with Crippen molar-refractivity contribution in [2.24, 2.45) is 4.30 Å². The Balaban J connectivity index is -0.000000101. The molecule has 0 rings (SSSR count). The van der Waals surface area contributed by atoms with E-state index >= 15 is 0 Å². The summed E-state index contributed by atoms with van der Waals surface area (Å²) in [5.74, 6) is 0. The molecule has 0 aromatic rings. The molecule has 0 saturated carbocycles. The van der Waals surface area contributed by atoms with E-state index in [0.29, 0.717) is 0 Å². The number of carbonyl (C=O) groups is 3. The third-order valence-corrected chi connectivity index (χ3v) is 8.36. The Kier molecular flexibility index (Phi) is 31.2. The molecule has 31 heavy (non-hydrogen) atoms. The molecule has 0 aliphatic rings. The zero-order valence-electron chi connectivity index (χ0n) is 16.9. The normalized spacial score (nSPS) is 10.4. The summed E-state index contributed by atoms with van der Waals surface area (Å²) >= 11 is 8.65. The first-order valence-electron chi connectivity index (χ1n) is 6.79. The average molecular weight is 725 g/mol. The van der Waals surface area contributed by atoms with Crippen molar-refractivity contribution in [1.29, 1.82) is 0 Å². The molecule has 2 N–H and O–H groups in total. The number of thiol groups is 1. The molecule has 0 bridgehead atoms. The van der Waals surface area contributed by atoms with Crippen LogP contribution in [0.3, 0.4) is 0 Å². The van der Waals surface area contributed by atoms with Crippen LogP contribution >= 0.6 is 84.4 Å². The number of hydrogen-bond donors (Lipinski definition) is 3. The fourth-order valence-corrected chi connectivity index (χ4v) is 4.18. The minimum atomic E-state index is -4.44. The number of rotatable bonds is 9. The summed E-state index contributed by atoms with van der Waals surface area (Å²) in [6, 6.07) is 0. The second-order valence-corrected chi connectivity index (χ2v) is 11.5. The van der Waals surface area contributed by atoms with Crippen LogP contribution in [-0.4, -0.2) is 73.1 Å². The van der Waals surface area contributed by atoms with E-state index in [2.05, 4.69) is 74.7 Å². The Morgan fingerprint density at radius 1 is 0.871 bits per heavy atom. The summed E-state index contributed by atoms with van der Waals surface area (Å²) < 4.78 is 51.9. The van der Waals surface area contributed by atoms with E-state index in [1.54, 1.807) is 0 Å². The summed E-state index contributed by atoms with van der Waals surface area (Å²) in [4.78, 5) is 47.2. The standard InChI is InChI=1S/C4H8BrO4P.C4H9O4P.C2H4BrO4P.BHNS.BrH/c1-8-10(7,9-2)4(6)3-5;1-4(5)9(6,7-2)8-3;3-1-2(4)8(5,6)7;1-2-3;/h3H2,1-2H3;1-3H3;1H2,(H2,5,6,7);3H;1H. The third-order valence-electron chi connectivity index (χ3n) is 2.21. The van der Waals surface area contributed by atoms with E-state index in [1.807, 2.05) is 0 Å². The molecule has 0 aromatic heterocycles. The quantitative estimate of drug-likeness (QED) is 0.136. The van der Waals surface area contributed by atoms with Crippen LogP contribution in [0.5, 0.6) is 0 Å². The molecule has 21 heteroatoms. The van der Waals surface area contributed by atoms with Crippen molar-refractivity contribution < 1.29 is 56.0 Å². The van der Waals surface area contributed by atoms with Gasteiger partial charge < -0.3 is 27.9 Å². The topological polar surface area (TPSA) is 192 Å². The first-order chi connectivity index (χ1) is 13.6. The summed E-state index contributed by atoms with van der Waals surface area (Å²) in [7, 11) is -2.27. The van der Waals surface area contributed by atoms with Gasteiger partial charge in [0.05, 0.1) is 10.7 Å². The number of halogens is 3. The van der Waals surface area contributed by atoms with Crippen LogP contribution in [0.15, 0.2) is 4.30 Å². The van der Waals surface area contributed by atoms with E-state index in [0.717, 1.165) is 6.92 Å². The van der Waals surface area contributed by atoms with Crippen molar-refractivity contribution in [1.82, 2.24) is 0 Å². The molecule has 0 saturated heterocycles. The molecule has 0 aromatic carbocycles. The first-order valence-corrected chi connectivity index (χ1v) is 14.1. The van der Waals surface area contributed by atoms with E-state index in [4.69, 9.17) is 9.79 Å². The molecule has 185 valence electrons. The molecule has 13 nitrogen and oxygen atoms in total. The van der Waals surface area contributed by atoms with Crippen molar-refractivity contribution >= 4 is 109 Å². The molecule has 0 aliphatic carbocycles. The first kappa shape index (κ1) is 42.3. The predicted octanol–water partition coefficient (Wildman–Crippen LogP) is 3.26. The summed E-state index contributed by atoms with van der Waals surface area (Å²) in [5.41, 5.74) is -2.23. The summed E-state index contributed by atoms with van der Waals surface area (Å²) in [5, 5.41) is -0.316. The van der Waals surface area contributed by atoms with Crippen LogP contribution in [-0.2, 0) is 46.2 Å². The van der Waals surface area contributed by atoms with Crippen molar-refractivity contribution in [2.45, 2.75) is 6.92 Å². The van der Waals surface area contributed by atoms with Gasteiger partial charge in [-0.05, 0) is 0 Å². The van der Waals surface area contributed by atoms with Crippen LogP contribution in [0.1, 0.15) is 6.92 Å². The van der Waals surface area contributed by atoms with Gasteiger partial charge in [-0.3, -0.25) is 28.1 Å². The third kappa shape index (κ3) is 21.4. The van der Waals surface area contributed by atoms with E-state index in [-0.39, 0.29) is 27.6 Å². The molecule has 1 radical (unpaired) electrons. The molecule has 0 amide bonds. The van der Waals surface area contributed by atoms with Gasteiger partial charge in [-0.2, -0.15) is 0 Å². The van der Waals surface area contributed by atoms with E-state index in [9.17, 15) is 28.1 Å². The van der Waals surface area contributed by atoms with Gasteiger partial charge in [0.25, 0.3) is 11.0 Å². The van der Waals surface area contributed by atoms with Crippen LogP contribution in [0.2, 0.25) is 0 Å². The van der Waals surface area contributed by atoms with E-state index < -0.39 is 39.4 Å². The van der Waals surface area contributed by atoms with Gasteiger partial charge in [-0.25, -0.2) is 0 Å². The monoisotopic (exact) mass is 722 g/mol. The summed E-state index contributed by atoms with van der Waals surface area (Å²) in [6.07, 6.45) is 0. The van der Waals surface area contributed by atoms with Crippen LogP contribution in [0, 0.1) is 0 Å². The Labute approximate surface area is 214 Å². The number of nitrogens with zero attached hydrogens (tertiary/aromatic N) is 1. The maximum atomic E-state index is 11.1. The Bertz CT molecular complexity index is 679. The van der Waals surface area contributed by atoms with Gasteiger partial charge >= 0.3 is 47.5 Å². The zero-order valence-corrected chi connectivity index (χ0v) is 25.3. The SMILES string of the molecule is Br.COP(=O)(OC)C(=O)CBr.COP(=O)(OC)C(C)=O.O=C(CBr)P(=O)(O)O.[B]=NS. The molecule has 0 heterocycles. The van der Waals surface area contributed by atoms with Crippen LogP contribution in [0.4, 0.5) is 0 Å². The molecule has 0 atom stereocenters. The Morgan fingerprint density at radius 2 is 1.13 bits per heavy atom. The van der Waals surface area contributed by atoms with Gasteiger partial charge in [0.1, 0.15) is 0 Å².